The smallest absolute Gasteiger partial charge is 0.0410 e. The van der Waals surface area contributed by atoms with Crippen LogP contribution in [0.1, 0.15) is 31.9 Å². The quantitative estimate of drug-likeness (QED) is 0.836. The Kier molecular flexibility index (Phi) is 4.67. The lowest BCUT2D eigenvalue weighted by molar-refractivity contribution is 0.455. The molecule has 2 unspecified atom stereocenters. The standard InChI is InChI=1S/C11H15ClIN/c1-3-7(2)11(14)9-6-8(12)4-5-10(9)13/h4-7,11H,3,14H2,1-2H3. The molecule has 0 radical (unpaired) electrons. The van der Waals surface area contributed by atoms with Crippen molar-refractivity contribution in [2.24, 2.45) is 11.7 Å². The molecule has 3 heteroatoms. The molecule has 14 heavy (non-hydrogen) atoms. The van der Waals surface area contributed by atoms with Crippen LogP contribution in [0.5, 0.6) is 0 Å². The first-order chi connectivity index (χ1) is 6.56. The highest BCUT2D eigenvalue weighted by Crippen LogP contribution is 2.28. The van der Waals surface area contributed by atoms with Crippen LogP contribution in [0.25, 0.3) is 0 Å². The highest BCUT2D eigenvalue weighted by atomic mass is 127. The van der Waals surface area contributed by atoms with Crippen LogP contribution in [0.3, 0.4) is 0 Å². The van der Waals surface area contributed by atoms with Gasteiger partial charge in [0.05, 0.1) is 0 Å². The first-order valence-electron chi connectivity index (χ1n) is 4.76. The van der Waals surface area contributed by atoms with E-state index in [1.165, 1.54) is 3.57 Å². The summed E-state index contributed by atoms with van der Waals surface area (Å²) in [6.07, 6.45) is 1.09. The second-order valence-electron chi connectivity index (χ2n) is 3.58. The first kappa shape index (κ1) is 12.3. The minimum atomic E-state index is 0.0885. The summed E-state index contributed by atoms with van der Waals surface area (Å²) >= 11 is 8.25. The first-order valence-corrected chi connectivity index (χ1v) is 6.22. The summed E-state index contributed by atoms with van der Waals surface area (Å²) in [6, 6.07) is 5.97. The number of nitrogens with two attached hydrogens (primary N) is 1. The van der Waals surface area contributed by atoms with Gasteiger partial charge in [-0.1, -0.05) is 31.9 Å². The summed E-state index contributed by atoms with van der Waals surface area (Å²) in [5.74, 6) is 0.488. The molecular formula is C11H15ClIN. The summed E-state index contributed by atoms with van der Waals surface area (Å²) in [7, 11) is 0. The zero-order valence-corrected chi connectivity index (χ0v) is 11.3. The maximum atomic E-state index is 6.16. The molecule has 78 valence electrons. The van der Waals surface area contributed by atoms with Crippen LogP contribution >= 0.6 is 34.2 Å². The molecule has 0 amide bonds. The summed E-state index contributed by atoms with van der Waals surface area (Å²) in [4.78, 5) is 0. The molecule has 0 aliphatic rings. The fourth-order valence-corrected chi connectivity index (χ4v) is 2.21. The molecule has 0 aromatic heterocycles. The molecule has 0 aliphatic carbocycles. The third-order valence-electron chi connectivity index (χ3n) is 2.57. The van der Waals surface area contributed by atoms with Gasteiger partial charge in [-0.3, -0.25) is 0 Å². The van der Waals surface area contributed by atoms with E-state index < -0.39 is 0 Å². The van der Waals surface area contributed by atoms with Crippen LogP contribution in [0.15, 0.2) is 18.2 Å². The van der Waals surface area contributed by atoms with E-state index in [2.05, 4.69) is 36.4 Å². The van der Waals surface area contributed by atoms with E-state index >= 15 is 0 Å². The zero-order valence-electron chi connectivity index (χ0n) is 8.43. The van der Waals surface area contributed by atoms with E-state index in [-0.39, 0.29) is 6.04 Å². The predicted octanol–water partition coefficient (Wildman–Crippen LogP) is 3.99. The third-order valence-corrected chi connectivity index (χ3v) is 3.79. The highest BCUT2D eigenvalue weighted by Gasteiger charge is 2.15. The summed E-state index contributed by atoms with van der Waals surface area (Å²) in [6.45, 7) is 4.32. The lowest BCUT2D eigenvalue weighted by Crippen LogP contribution is -2.19. The number of rotatable bonds is 3. The van der Waals surface area contributed by atoms with Crippen LogP contribution in [0.2, 0.25) is 5.02 Å². The lowest BCUT2D eigenvalue weighted by atomic mass is 9.93. The van der Waals surface area contributed by atoms with Crippen LogP contribution in [0, 0.1) is 9.49 Å². The Balaban J connectivity index is 2.99. The van der Waals surface area contributed by atoms with Crippen molar-refractivity contribution in [3.63, 3.8) is 0 Å². The maximum absolute atomic E-state index is 6.16. The highest BCUT2D eigenvalue weighted by molar-refractivity contribution is 14.1. The van der Waals surface area contributed by atoms with Crippen LogP contribution in [-0.2, 0) is 0 Å². The Hall–Kier alpha value is 0.200. The minimum absolute atomic E-state index is 0.0885. The molecule has 0 heterocycles. The number of hydrogen-bond acceptors (Lipinski definition) is 1. The van der Waals surface area contributed by atoms with E-state index in [9.17, 15) is 0 Å². The molecule has 0 bridgehead atoms. The van der Waals surface area contributed by atoms with E-state index in [1.807, 2.05) is 18.2 Å². The van der Waals surface area contributed by atoms with Crippen molar-refractivity contribution >= 4 is 34.2 Å². The van der Waals surface area contributed by atoms with Crippen molar-refractivity contribution in [3.05, 3.63) is 32.4 Å². The molecular weight excluding hydrogens is 308 g/mol. The molecule has 0 fully saturated rings. The molecule has 0 saturated heterocycles. The van der Waals surface area contributed by atoms with Crippen molar-refractivity contribution in [2.75, 3.05) is 0 Å². The molecule has 1 aromatic carbocycles. The number of hydrogen-bond donors (Lipinski definition) is 1. The molecule has 1 aromatic rings. The van der Waals surface area contributed by atoms with Gasteiger partial charge in [0.15, 0.2) is 0 Å². The predicted molar refractivity (Wildman–Crippen MR) is 70.6 cm³/mol. The second kappa shape index (κ2) is 5.33. The van der Waals surface area contributed by atoms with Gasteiger partial charge in [-0.15, -0.1) is 0 Å². The van der Waals surface area contributed by atoms with Gasteiger partial charge in [-0.25, -0.2) is 0 Å². The van der Waals surface area contributed by atoms with Crippen molar-refractivity contribution in [1.82, 2.24) is 0 Å². The zero-order chi connectivity index (χ0) is 10.7. The fourth-order valence-electron chi connectivity index (χ4n) is 1.33. The van der Waals surface area contributed by atoms with Crippen molar-refractivity contribution in [2.45, 2.75) is 26.3 Å². The topological polar surface area (TPSA) is 26.0 Å². The minimum Gasteiger partial charge on any atom is -0.324 e. The lowest BCUT2D eigenvalue weighted by Gasteiger charge is -2.20. The summed E-state index contributed by atoms with van der Waals surface area (Å²) in [5, 5.41) is 0.763. The van der Waals surface area contributed by atoms with Crippen LogP contribution in [-0.4, -0.2) is 0 Å². The van der Waals surface area contributed by atoms with Crippen molar-refractivity contribution in [1.29, 1.82) is 0 Å². The SMILES string of the molecule is CCC(C)C(N)c1cc(Cl)ccc1I. The van der Waals surface area contributed by atoms with Crippen LogP contribution < -0.4 is 5.73 Å². The monoisotopic (exact) mass is 323 g/mol. The van der Waals surface area contributed by atoms with E-state index in [1.54, 1.807) is 0 Å². The molecule has 0 spiro atoms. The van der Waals surface area contributed by atoms with E-state index in [0.717, 1.165) is 17.0 Å². The molecule has 2 N–H and O–H groups in total. The Labute approximate surface area is 104 Å². The van der Waals surface area contributed by atoms with Crippen LogP contribution in [0.4, 0.5) is 0 Å². The normalized spacial score (nSPS) is 15.2. The van der Waals surface area contributed by atoms with Gasteiger partial charge in [0.25, 0.3) is 0 Å². The Morgan fingerprint density at radius 2 is 2.14 bits per heavy atom. The van der Waals surface area contributed by atoms with Gasteiger partial charge in [0.1, 0.15) is 0 Å². The average molecular weight is 324 g/mol. The van der Waals surface area contributed by atoms with Gasteiger partial charge >= 0.3 is 0 Å². The van der Waals surface area contributed by atoms with Gasteiger partial charge in [-0.05, 0) is 52.3 Å². The maximum Gasteiger partial charge on any atom is 0.0410 e. The Bertz CT molecular complexity index is 314. The van der Waals surface area contributed by atoms with E-state index in [0.29, 0.717) is 5.92 Å². The Morgan fingerprint density at radius 3 is 2.71 bits per heavy atom. The number of benzene rings is 1. The van der Waals surface area contributed by atoms with E-state index in [4.69, 9.17) is 17.3 Å². The number of halogens is 2. The molecule has 1 rings (SSSR count). The molecule has 1 nitrogen and oxygen atoms in total. The molecule has 2 atom stereocenters. The fraction of sp³-hybridized carbons (Fsp3) is 0.455. The third kappa shape index (κ3) is 2.84. The summed E-state index contributed by atoms with van der Waals surface area (Å²) in [5.41, 5.74) is 7.31. The van der Waals surface area contributed by atoms with Gasteiger partial charge in [-0.2, -0.15) is 0 Å². The van der Waals surface area contributed by atoms with Gasteiger partial charge in [0.2, 0.25) is 0 Å². The van der Waals surface area contributed by atoms with Gasteiger partial charge < -0.3 is 5.73 Å². The average Bonchev–Trinajstić information content (AvgIpc) is 2.19. The molecule has 0 saturated carbocycles. The second-order valence-corrected chi connectivity index (χ2v) is 5.18. The van der Waals surface area contributed by atoms with Crippen molar-refractivity contribution < 1.29 is 0 Å². The molecule has 0 aliphatic heterocycles. The summed E-state index contributed by atoms with van der Waals surface area (Å²) < 4.78 is 1.19. The Morgan fingerprint density at radius 1 is 1.50 bits per heavy atom. The largest absolute Gasteiger partial charge is 0.324 e. The van der Waals surface area contributed by atoms with Crippen molar-refractivity contribution in [3.8, 4) is 0 Å². The van der Waals surface area contributed by atoms with Gasteiger partial charge in [0, 0.05) is 14.6 Å².